The smallest absolute Gasteiger partial charge is 0.166 e. The van der Waals surface area contributed by atoms with Crippen LogP contribution >= 0.6 is 0 Å². The third kappa shape index (κ3) is 3.21. The van der Waals surface area contributed by atoms with Crippen molar-refractivity contribution in [1.29, 1.82) is 0 Å². The highest BCUT2D eigenvalue weighted by Gasteiger charge is 2.37. The summed E-state index contributed by atoms with van der Waals surface area (Å²) >= 11 is 0. The molecule has 0 amide bonds. The molecule has 5 rings (SSSR count). The maximum absolute atomic E-state index is 13.3. The number of hydrogen-bond donors (Lipinski definition) is 0. The molecule has 0 aliphatic heterocycles. The molecule has 0 aromatic heterocycles. The van der Waals surface area contributed by atoms with E-state index in [9.17, 15) is 13.2 Å². The van der Waals surface area contributed by atoms with Crippen molar-refractivity contribution in [1.82, 2.24) is 0 Å². The lowest BCUT2D eigenvalue weighted by Gasteiger charge is -2.22. The third-order valence-electron chi connectivity index (χ3n) is 5.76. The Bertz CT molecular complexity index is 1190. The van der Waals surface area contributed by atoms with Crippen molar-refractivity contribution in [2.24, 2.45) is 0 Å². The summed E-state index contributed by atoms with van der Waals surface area (Å²) in [5.74, 6) is 1.00. The molecule has 0 heterocycles. The maximum Gasteiger partial charge on any atom is 0.416 e. The molecule has 0 N–H and O–H groups in total. The molecular weight excluding hydrogens is 369 g/mol. The predicted molar refractivity (Wildman–Crippen MR) is 110 cm³/mol. The Balaban J connectivity index is 1.65. The van der Waals surface area contributed by atoms with E-state index in [1.54, 1.807) is 6.07 Å². The number of benzene rings is 4. The van der Waals surface area contributed by atoms with Gasteiger partial charge < -0.3 is 0 Å². The first kappa shape index (κ1) is 18.0. The highest BCUT2D eigenvalue weighted by atomic mass is 19.4. The fourth-order valence-corrected chi connectivity index (χ4v) is 4.40. The molecule has 1 atom stereocenters. The molecule has 1 radical (unpaired) electrons. The van der Waals surface area contributed by atoms with E-state index in [1.807, 2.05) is 30.3 Å². The van der Waals surface area contributed by atoms with Crippen LogP contribution < -0.4 is 0 Å². The second kappa shape index (κ2) is 6.77. The molecule has 29 heavy (non-hydrogen) atoms. The van der Waals surface area contributed by atoms with Gasteiger partial charge in [0.25, 0.3) is 0 Å². The topological polar surface area (TPSA) is 0 Å². The van der Waals surface area contributed by atoms with Crippen molar-refractivity contribution in [2.75, 3.05) is 0 Å². The Kier molecular flexibility index (Phi) is 4.20. The number of alkyl halides is 3. The highest BCUT2D eigenvalue weighted by molar-refractivity contribution is 5.83. The summed E-state index contributed by atoms with van der Waals surface area (Å²) in [4.78, 5) is 0. The average molecular weight is 387 g/mol. The molecule has 0 spiro atoms. The van der Waals surface area contributed by atoms with Crippen LogP contribution in [-0.2, 0) is 12.6 Å². The number of fused-ring (bicyclic) bond motifs is 2. The Hall–Kier alpha value is -3.07. The second-order valence-corrected chi connectivity index (χ2v) is 7.51. The maximum atomic E-state index is 13.3. The minimum absolute atomic E-state index is 0.0282. The molecule has 0 saturated carbocycles. The summed E-state index contributed by atoms with van der Waals surface area (Å²) in [6, 6.07) is 28.3. The lowest BCUT2D eigenvalue weighted by molar-refractivity contribution is -0.137. The van der Waals surface area contributed by atoms with E-state index in [-0.39, 0.29) is 5.92 Å². The second-order valence-electron chi connectivity index (χ2n) is 7.51. The quantitative estimate of drug-likeness (QED) is 0.342. The molecule has 4 aromatic rings. The molecular formula is C26H18F3. The van der Waals surface area contributed by atoms with E-state index in [2.05, 4.69) is 36.4 Å². The van der Waals surface area contributed by atoms with E-state index in [0.29, 0.717) is 5.56 Å². The zero-order valence-electron chi connectivity index (χ0n) is 15.6. The molecule has 1 aliphatic carbocycles. The monoisotopic (exact) mass is 387 g/mol. The van der Waals surface area contributed by atoms with Gasteiger partial charge in [0.1, 0.15) is 0 Å². The number of rotatable bonds is 2. The van der Waals surface area contributed by atoms with Gasteiger partial charge in [-0.2, -0.15) is 13.2 Å². The van der Waals surface area contributed by atoms with Crippen LogP contribution in [0.1, 0.15) is 33.7 Å². The van der Waals surface area contributed by atoms with E-state index in [0.717, 1.165) is 40.3 Å². The molecule has 0 fully saturated rings. The predicted octanol–water partition coefficient (Wildman–Crippen LogP) is 7.17. The normalized spacial score (nSPS) is 16.9. The van der Waals surface area contributed by atoms with Gasteiger partial charge in [-0.25, -0.2) is 0 Å². The van der Waals surface area contributed by atoms with Crippen LogP contribution in [0.5, 0.6) is 0 Å². The fourth-order valence-electron chi connectivity index (χ4n) is 4.40. The standard InChI is InChI=1S/C26H18F3/c27-26(28,29)22-10-5-9-21(15-22)25-23-11-4-3-8-19(23)16-24(25)20-13-12-17-6-1-2-7-18(17)14-20/h1-15,24H,16H2. The lowest BCUT2D eigenvalue weighted by Crippen LogP contribution is -2.11. The molecule has 0 bridgehead atoms. The van der Waals surface area contributed by atoms with Crippen LogP contribution in [0, 0.1) is 5.92 Å². The molecule has 143 valence electrons. The van der Waals surface area contributed by atoms with Gasteiger partial charge in [0, 0.05) is 11.8 Å². The molecule has 0 nitrogen and oxygen atoms in total. The minimum Gasteiger partial charge on any atom is -0.166 e. The average Bonchev–Trinajstić information content (AvgIpc) is 3.12. The van der Waals surface area contributed by atoms with Crippen molar-refractivity contribution in [3.8, 4) is 0 Å². The summed E-state index contributed by atoms with van der Waals surface area (Å²) in [5, 5.41) is 2.30. The zero-order chi connectivity index (χ0) is 20.0. The van der Waals surface area contributed by atoms with Crippen LogP contribution in [-0.4, -0.2) is 0 Å². The van der Waals surface area contributed by atoms with Crippen LogP contribution in [0.3, 0.4) is 0 Å². The first-order chi connectivity index (χ1) is 14.0. The Morgan fingerprint density at radius 1 is 0.690 bits per heavy atom. The van der Waals surface area contributed by atoms with Gasteiger partial charge >= 0.3 is 6.18 Å². The highest BCUT2D eigenvalue weighted by Crippen LogP contribution is 2.48. The first-order valence-corrected chi connectivity index (χ1v) is 9.62. The van der Waals surface area contributed by atoms with Crippen LogP contribution in [0.25, 0.3) is 10.8 Å². The van der Waals surface area contributed by atoms with Gasteiger partial charge in [0.2, 0.25) is 0 Å². The van der Waals surface area contributed by atoms with Crippen molar-refractivity contribution in [3.63, 3.8) is 0 Å². The third-order valence-corrected chi connectivity index (χ3v) is 5.76. The Morgan fingerprint density at radius 3 is 2.28 bits per heavy atom. The summed E-state index contributed by atoms with van der Waals surface area (Å²) in [7, 11) is 0. The van der Waals surface area contributed by atoms with Gasteiger partial charge in [-0.1, -0.05) is 84.9 Å². The SMILES string of the molecule is FC(F)(F)c1cccc([C]2c3ccccc3CC2c2ccc3ccccc3c2)c1. The Morgan fingerprint density at radius 2 is 1.45 bits per heavy atom. The molecule has 1 unspecified atom stereocenters. The summed E-state index contributed by atoms with van der Waals surface area (Å²) < 4.78 is 40.0. The van der Waals surface area contributed by atoms with Gasteiger partial charge in [0.05, 0.1) is 5.56 Å². The zero-order valence-corrected chi connectivity index (χ0v) is 15.6. The van der Waals surface area contributed by atoms with Gasteiger partial charge in [0.15, 0.2) is 0 Å². The molecule has 1 aliphatic rings. The van der Waals surface area contributed by atoms with E-state index in [4.69, 9.17) is 0 Å². The fraction of sp³-hybridized carbons (Fsp3) is 0.115. The summed E-state index contributed by atoms with van der Waals surface area (Å²) in [6.45, 7) is 0. The van der Waals surface area contributed by atoms with E-state index >= 15 is 0 Å². The lowest BCUT2D eigenvalue weighted by atomic mass is 9.81. The minimum atomic E-state index is -4.35. The molecule has 4 aromatic carbocycles. The van der Waals surface area contributed by atoms with Crippen LogP contribution in [0.15, 0.2) is 91.0 Å². The van der Waals surface area contributed by atoms with Crippen molar-refractivity contribution in [2.45, 2.75) is 18.5 Å². The molecule has 3 heteroatoms. The van der Waals surface area contributed by atoms with Crippen LogP contribution in [0.4, 0.5) is 13.2 Å². The van der Waals surface area contributed by atoms with Crippen LogP contribution in [0.2, 0.25) is 0 Å². The van der Waals surface area contributed by atoms with Crippen molar-refractivity contribution < 1.29 is 13.2 Å². The van der Waals surface area contributed by atoms with E-state index in [1.165, 1.54) is 17.7 Å². The van der Waals surface area contributed by atoms with Gasteiger partial charge in [-0.3, -0.25) is 0 Å². The largest absolute Gasteiger partial charge is 0.416 e. The van der Waals surface area contributed by atoms with Crippen molar-refractivity contribution >= 4 is 10.8 Å². The van der Waals surface area contributed by atoms with Gasteiger partial charge in [-0.05, 0) is 45.5 Å². The number of hydrogen-bond acceptors (Lipinski definition) is 0. The first-order valence-electron chi connectivity index (χ1n) is 9.62. The Labute approximate surface area is 167 Å². The number of halogens is 3. The van der Waals surface area contributed by atoms with Gasteiger partial charge in [-0.15, -0.1) is 0 Å². The summed E-state index contributed by atoms with van der Waals surface area (Å²) in [5.41, 5.74) is 3.39. The van der Waals surface area contributed by atoms with E-state index < -0.39 is 11.7 Å². The molecule has 0 saturated heterocycles. The summed E-state index contributed by atoms with van der Waals surface area (Å²) in [6.07, 6.45) is -3.56. The van der Waals surface area contributed by atoms with Crippen molar-refractivity contribution in [3.05, 3.63) is 125 Å².